The first kappa shape index (κ1) is 13.5. The first-order chi connectivity index (χ1) is 9.63. The van der Waals surface area contributed by atoms with E-state index in [0.29, 0.717) is 23.2 Å². The van der Waals surface area contributed by atoms with E-state index in [-0.39, 0.29) is 5.56 Å². The van der Waals surface area contributed by atoms with Crippen LogP contribution in [0.15, 0.2) is 36.4 Å². The molecule has 1 aliphatic rings. The van der Waals surface area contributed by atoms with Gasteiger partial charge in [0.05, 0.1) is 0 Å². The largest absolute Gasteiger partial charge is 0.310 e. The summed E-state index contributed by atoms with van der Waals surface area (Å²) in [4.78, 5) is 0. The topological polar surface area (TPSA) is 12.0 Å². The lowest BCUT2D eigenvalue weighted by Crippen LogP contribution is -2.15. The van der Waals surface area contributed by atoms with Gasteiger partial charge in [-0.15, -0.1) is 0 Å². The van der Waals surface area contributed by atoms with Gasteiger partial charge in [-0.25, -0.2) is 8.78 Å². The van der Waals surface area contributed by atoms with E-state index < -0.39 is 11.6 Å². The number of benzene rings is 2. The van der Waals surface area contributed by atoms with Crippen molar-refractivity contribution in [2.75, 3.05) is 0 Å². The van der Waals surface area contributed by atoms with Gasteiger partial charge in [0, 0.05) is 23.2 Å². The van der Waals surface area contributed by atoms with Crippen molar-refractivity contribution in [2.45, 2.75) is 25.4 Å². The molecule has 0 unspecified atom stereocenters. The van der Waals surface area contributed by atoms with Crippen molar-refractivity contribution < 1.29 is 8.78 Å². The van der Waals surface area contributed by atoms with Crippen molar-refractivity contribution in [3.05, 3.63) is 58.6 Å². The Bertz CT molecular complexity index is 638. The summed E-state index contributed by atoms with van der Waals surface area (Å²) in [5, 5.41) is 4.00. The van der Waals surface area contributed by atoms with Crippen LogP contribution in [0.25, 0.3) is 11.1 Å². The van der Waals surface area contributed by atoms with Crippen LogP contribution in [0.3, 0.4) is 0 Å². The lowest BCUT2D eigenvalue weighted by Gasteiger charge is -2.10. The Balaban J connectivity index is 1.92. The second-order valence-corrected chi connectivity index (χ2v) is 5.49. The first-order valence-corrected chi connectivity index (χ1v) is 6.98. The van der Waals surface area contributed by atoms with Gasteiger partial charge in [-0.3, -0.25) is 0 Å². The molecule has 1 N–H and O–H groups in total. The molecular formula is C16H14ClF2N. The van der Waals surface area contributed by atoms with Gasteiger partial charge in [0.2, 0.25) is 0 Å². The highest BCUT2D eigenvalue weighted by molar-refractivity contribution is 6.31. The summed E-state index contributed by atoms with van der Waals surface area (Å²) in [7, 11) is 0. The average Bonchev–Trinajstić information content (AvgIpc) is 3.25. The van der Waals surface area contributed by atoms with Gasteiger partial charge < -0.3 is 5.32 Å². The summed E-state index contributed by atoms with van der Waals surface area (Å²) >= 11 is 6.15. The number of hydrogen-bond acceptors (Lipinski definition) is 1. The molecule has 2 aromatic carbocycles. The number of halogens is 3. The van der Waals surface area contributed by atoms with Crippen LogP contribution in [0, 0.1) is 11.6 Å². The maximum absolute atomic E-state index is 13.8. The molecule has 0 spiro atoms. The molecule has 1 nitrogen and oxygen atoms in total. The smallest absolute Gasteiger partial charge is 0.131 e. The zero-order valence-electron chi connectivity index (χ0n) is 10.8. The van der Waals surface area contributed by atoms with Crippen LogP contribution in [-0.4, -0.2) is 6.04 Å². The fourth-order valence-corrected chi connectivity index (χ4v) is 2.32. The van der Waals surface area contributed by atoms with Gasteiger partial charge in [-0.2, -0.15) is 0 Å². The Morgan fingerprint density at radius 1 is 1.10 bits per heavy atom. The Hall–Kier alpha value is -1.45. The van der Waals surface area contributed by atoms with E-state index in [1.54, 1.807) is 12.1 Å². The minimum atomic E-state index is -0.450. The Kier molecular flexibility index (Phi) is 3.72. The molecule has 0 aliphatic heterocycles. The summed E-state index contributed by atoms with van der Waals surface area (Å²) in [6.45, 7) is 0.647. The van der Waals surface area contributed by atoms with E-state index in [1.807, 2.05) is 6.07 Å². The zero-order valence-corrected chi connectivity index (χ0v) is 11.6. The maximum atomic E-state index is 13.8. The van der Waals surface area contributed by atoms with Crippen LogP contribution in [0.1, 0.15) is 18.4 Å². The van der Waals surface area contributed by atoms with E-state index in [2.05, 4.69) is 5.32 Å². The predicted octanol–water partition coefficient (Wildman–Crippen LogP) is 4.54. The highest BCUT2D eigenvalue weighted by Crippen LogP contribution is 2.28. The number of nitrogens with one attached hydrogen (secondary N) is 1. The van der Waals surface area contributed by atoms with Crippen molar-refractivity contribution in [3.63, 3.8) is 0 Å². The third-order valence-electron chi connectivity index (χ3n) is 3.44. The second-order valence-electron chi connectivity index (χ2n) is 5.09. The van der Waals surface area contributed by atoms with Crippen LogP contribution < -0.4 is 5.32 Å². The van der Waals surface area contributed by atoms with Gasteiger partial charge in [-0.1, -0.05) is 17.7 Å². The van der Waals surface area contributed by atoms with Crippen molar-refractivity contribution in [3.8, 4) is 11.1 Å². The fraction of sp³-hybridized carbons (Fsp3) is 0.250. The highest BCUT2D eigenvalue weighted by atomic mass is 35.5. The number of rotatable bonds is 4. The van der Waals surface area contributed by atoms with Gasteiger partial charge in [0.25, 0.3) is 0 Å². The average molecular weight is 294 g/mol. The Morgan fingerprint density at radius 2 is 1.90 bits per heavy atom. The molecule has 0 amide bonds. The minimum Gasteiger partial charge on any atom is -0.310 e. The van der Waals surface area contributed by atoms with Crippen molar-refractivity contribution in [1.82, 2.24) is 5.32 Å². The molecule has 0 saturated heterocycles. The van der Waals surface area contributed by atoms with Crippen LogP contribution in [-0.2, 0) is 6.54 Å². The van der Waals surface area contributed by atoms with E-state index in [9.17, 15) is 8.78 Å². The fourth-order valence-electron chi connectivity index (χ4n) is 2.14. The minimum absolute atomic E-state index is 0.259. The standard InChI is InChI=1S/C16H14ClF2N/c17-15-5-1-10(7-11(15)9-20-13-3-4-13)14-8-12(18)2-6-16(14)19/h1-2,5-8,13,20H,3-4,9H2. The molecule has 1 fully saturated rings. The van der Waals surface area contributed by atoms with E-state index in [0.717, 1.165) is 17.7 Å². The summed E-state index contributed by atoms with van der Waals surface area (Å²) in [5.74, 6) is -0.885. The number of hydrogen-bond donors (Lipinski definition) is 1. The van der Waals surface area contributed by atoms with Crippen LogP contribution in [0.2, 0.25) is 5.02 Å². The summed E-state index contributed by atoms with van der Waals surface area (Å²) in [6, 6.07) is 9.28. The molecule has 3 rings (SSSR count). The second kappa shape index (κ2) is 5.51. The van der Waals surface area contributed by atoms with E-state index in [1.165, 1.54) is 18.9 Å². The molecular weight excluding hydrogens is 280 g/mol. The lowest BCUT2D eigenvalue weighted by molar-refractivity contribution is 0.603. The molecule has 1 saturated carbocycles. The monoisotopic (exact) mass is 293 g/mol. The third kappa shape index (κ3) is 3.00. The van der Waals surface area contributed by atoms with E-state index in [4.69, 9.17) is 11.6 Å². The molecule has 20 heavy (non-hydrogen) atoms. The molecule has 0 atom stereocenters. The SMILES string of the molecule is Fc1ccc(F)c(-c2ccc(Cl)c(CNC3CC3)c2)c1. The quantitative estimate of drug-likeness (QED) is 0.873. The first-order valence-electron chi connectivity index (χ1n) is 6.61. The Morgan fingerprint density at radius 3 is 2.65 bits per heavy atom. The molecule has 0 aromatic heterocycles. The molecule has 0 bridgehead atoms. The highest BCUT2D eigenvalue weighted by Gasteiger charge is 2.20. The summed E-state index contributed by atoms with van der Waals surface area (Å²) in [5.41, 5.74) is 1.80. The van der Waals surface area contributed by atoms with Gasteiger partial charge in [-0.05, 0) is 54.3 Å². The summed E-state index contributed by atoms with van der Waals surface area (Å²) in [6.07, 6.45) is 2.38. The molecule has 104 valence electrons. The lowest BCUT2D eigenvalue weighted by atomic mass is 10.0. The van der Waals surface area contributed by atoms with Crippen molar-refractivity contribution >= 4 is 11.6 Å². The van der Waals surface area contributed by atoms with Crippen molar-refractivity contribution in [1.29, 1.82) is 0 Å². The molecule has 0 heterocycles. The third-order valence-corrected chi connectivity index (χ3v) is 3.81. The zero-order chi connectivity index (χ0) is 14.1. The van der Waals surface area contributed by atoms with E-state index >= 15 is 0 Å². The molecule has 0 radical (unpaired) electrons. The maximum Gasteiger partial charge on any atom is 0.131 e. The van der Waals surface area contributed by atoms with Crippen molar-refractivity contribution in [2.24, 2.45) is 0 Å². The van der Waals surface area contributed by atoms with Crippen LogP contribution in [0.5, 0.6) is 0 Å². The molecule has 4 heteroatoms. The summed E-state index contributed by atoms with van der Waals surface area (Å²) < 4.78 is 27.1. The van der Waals surface area contributed by atoms with Gasteiger partial charge in [0.15, 0.2) is 0 Å². The van der Waals surface area contributed by atoms with Gasteiger partial charge >= 0.3 is 0 Å². The molecule has 1 aliphatic carbocycles. The normalized spacial score (nSPS) is 14.6. The van der Waals surface area contributed by atoms with Gasteiger partial charge in [0.1, 0.15) is 11.6 Å². The van der Waals surface area contributed by atoms with Crippen LogP contribution >= 0.6 is 11.6 Å². The Labute approximate surface area is 121 Å². The van der Waals surface area contributed by atoms with Crippen LogP contribution in [0.4, 0.5) is 8.78 Å². The molecule has 2 aromatic rings. The predicted molar refractivity (Wildman–Crippen MR) is 76.7 cm³/mol.